The molecule has 5 heteroatoms. The number of hydrogen-bond donors (Lipinski definition) is 2. The highest BCUT2D eigenvalue weighted by atomic mass is 16.4. The predicted molar refractivity (Wildman–Crippen MR) is 105 cm³/mol. The maximum absolute atomic E-state index is 12.5. The second-order valence-electron chi connectivity index (χ2n) is 7.74. The minimum atomic E-state index is -0.0394. The number of aromatic hydroxyl groups is 1. The van der Waals surface area contributed by atoms with Gasteiger partial charge in [-0.05, 0) is 81.0 Å². The maximum Gasteiger partial charge on any atom is 0.289 e. The SMILES string of the molecule is O=C(c1ccc(-c2cc(O)cc(CC[C@@H]3CCCCN3)c2)o1)N1CCCC1. The molecule has 1 atom stereocenters. The molecule has 2 fully saturated rings. The van der Waals surface area contributed by atoms with E-state index in [-0.39, 0.29) is 11.7 Å². The summed E-state index contributed by atoms with van der Waals surface area (Å²) in [6.07, 6.45) is 7.90. The fraction of sp³-hybridized carbons (Fsp3) is 0.500. The van der Waals surface area contributed by atoms with E-state index < -0.39 is 0 Å². The maximum atomic E-state index is 12.5. The number of carbonyl (C=O) groups is 1. The Kier molecular flexibility index (Phi) is 5.48. The molecule has 0 spiro atoms. The topological polar surface area (TPSA) is 65.7 Å². The van der Waals surface area contributed by atoms with Crippen LogP contribution in [-0.2, 0) is 6.42 Å². The van der Waals surface area contributed by atoms with Crippen molar-refractivity contribution >= 4 is 5.91 Å². The molecule has 1 aromatic carbocycles. The first kappa shape index (κ1) is 18.1. The van der Waals surface area contributed by atoms with Gasteiger partial charge in [0, 0.05) is 24.7 Å². The van der Waals surface area contributed by atoms with Gasteiger partial charge in [-0.15, -0.1) is 0 Å². The quantitative estimate of drug-likeness (QED) is 0.838. The number of rotatable bonds is 5. The van der Waals surface area contributed by atoms with E-state index in [0.717, 1.165) is 56.4 Å². The summed E-state index contributed by atoms with van der Waals surface area (Å²) in [5.74, 6) is 1.21. The van der Waals surface area contributed by atoms with Crippen LogP contribution in [0.15, 0.2) is 34.7 Å². The Labute approximate surface area is 160 Å². The summed E-state index contributed by atoms with van der Waals surface area (Å²) in [6, 6.07) is 9.72. The van der Waals surface area contributed by atoms with Gasteiger partial charge >= 0.3 is 0 Å². The highest BCUT2D eigenvalue weighted by Crippen LogP contribution is 2.29. The number of furan rings is 1. The molecule has 2 aliphatic rings. The number of nitrogens with one attached hydrogen (secondary N) is 1. The van der Waals surface area contributed by atoms with Crippen molar-refractivity contribution in [3.05, 3.63) is 41.7 Å². The van der Waals surface area contributed by atoms with Gasteiger partial charge in [0.1, 0.15) is 11.5 Å². The second-order valence-corrected chi connectivity index (χ2v) is 7.74. The van der Waals surface area contributed by atoms with E-state index in [1.54, 1.807) is 12.1 Å². The summed E-state index contributed by atoms with van der Waals surface area (Å²) < 4.78 is 5.83. The van der Waals surface area contributed by atoms with E-state index in [4.69, 9.17) is 4.42 Å². The van der Waals surface area contributed by atoms with Gasteiger partial charge in [-0.3, -0.25) is 4.79 Å². The summed E-state index contributed by atoms with van der Waals surface area (Å²) in [4.78, 5) is 14.3. The largest absolute Gasteiger partial charge is 0.508 e. The van der Waals surface area contributed by atoms with Crippen LogP contribution in [0, 0.1) is 0 Å². The number of benzene rings is 1. The van der Waals surface area contributed by atoms with Gasteiger partial charge in [-0.2, -0.15) is 0 Å². The number of phenolic OH excluding ortho intramolecular Hbond substituents is 1. The Balaban J connectivity index is 1.46. The van der Waals surface area contributed by atoms with Crippen molar-refractivity contribution in [2.45, 2.75) is 51.0 Å². The Morgan fingerprint density at radius 1 is 1.15 bits per heavy atom. The molecule has 27 heavy (non-hydrogen) atoms. The van der Waals surface area contributed by atoms with Crippen LogP contribution in [0.2, 0.25) is 0 Å². The van der Waals surface area contributed by atoms with Crippen LogP contribution < -0.4 is 5.32 Å². The molecule has 2 aliphatic heterocycles. The van der Waals surface area contributed by atoms with E-state index in [1.807, 2.05) is 17.0 Å². The molecule has 2 N–H and O–H groups in total. The third-order valence-electron chi connectivity index (χ3n) is 5.67. The number of aryl methyl sites for hydroxylation is 1. The lowest BCUT2D eigenvalue weighted by Gasteiger charge is -2.23. The number of piperidine rings is 1. The molecule has 0 aliphatic carbocycles. The fourth-order valence-corrected chi connectivity index (χ4v) is 4.16. The summed E-state index contributed by atoms with van der Waals surface area (Å²) in [5, 5.41) is 13.7. The Bertz CT molecular complexity index is 787. The van der Waals surface area contributed by atoms with Crippen molar-refractivity contribution in [1.82, 2.24) is 10.2 Å². The smallest absolute Gasteiger partial charge is 0.289 e. The fourth-order valence-electron chi connectivity index (χ4n) is 4.16. The van der Waals surface area contributed by atoms with Crippen molar-refractivity contribution in [3.8, 4) is 17.1 Å². The Hall–Kier alpha value is -2.27. The summed E-state index contributed by atoms with van der Waals surface area (Å²) in [5.41, 5.74) is 1.92. The van der Waals surface area contributed by atoms with Crippen molar-refractivity contribution in [2.24, 2.45) is 0 Å². The van der Waals surface area contributed by atoms with E-state index in [9.17, 15) is 9.90 Å². The molecule has 0 radical (unpaired) electrons. The van der Waals surface area contributed by atoms with Crippen LogP contribution in [0.3, 0.4) is 0 Å². The number of nitrogens with zero attached hydrogens (tertiary/aromatic N) is 1. The zero-order valence-electron chi connectivity index (χ0n) is 15.7. The minimum absolute atomic E-state index is 0.0394. The summed E-state index contributed by atoms with van der Waals surface area (Å²) in [6.45, 7) is 2.72. The van der Waals surface area contributed by atoms with Gasteiger partial charge in [-0.1, -0.05) is 6.42 Å². The minimum Gasteiger partial charge on any atom is -0.508 e. The van der Waals surface area contributed by atoms with Gasteiger partial charge in [-0.25, -0.2) is 0 Å². The second kappa shape index (κ2) is 8.17. The van der Waals surface area contributed by atoms with Crippen molar-refractivity contribution in [1.29, 1.82) is 0 Å². The first-order valence-corrected chi connectivity index (χ1v) is 10.1. The number of amides is 1. The molecule has 2 saturated heterocycles. The average molecular weight is 368 g/mol. The van der Waals surface area contributed by atoms with Gasteiger partial charge in [0.05, 0.1) is 0 Å². The lowest BCUT2D eigenvalue weighted by Crippen LogP contribution is -2.34. The van der Waals surface area contributed by atoms with Crippen molar-refractivity contribution in [3.63, 3.8) is 0 Å². The van der Waals surface area contributed by atoms with Crippen LogP contribution in [0.1, 0.15) is 54.6 Å². The molecule has 4 rings (SSSR count). The van der Waals surface area contributed by atoms with E-state index >= 15 is 0 Å². The average Bonchev–Trinajstić information content (AvgIpc) is 3.38. The third-order valence-corrected chi connectivity index (χ3v) is 5.67. The van der Waals surface area contributed by atoms with Crippen LogP contribution >= 0.6 is 0 Å². The monoisotopic (exact) mass is 368 g/mol. The van der Waals surface area contributed by atoms with E-state index in [1.165, 1.54) is 19.3 Å². The first-order valence-electron chi connectivity index (χ1n) is 10.1. The zero-order valence-corrected chi connectivity index (χ0v) is 15.7. The standard InChI is InChI=1S/C22H28N2O3/c25-19-14-16(6-7-18-5-1-2-10-23-18)13-17(15-19)20-8-9-21(27-20)22(26)24-11-3-4-12-24/h8-9,13-15,18,23,25H,1-7,10-12H2/t18-/m0/s1. The number of carbonyl (C=O) groups excluding carboxylic acids is 1. The molecular weight excluding hydrogens is 340 g/mol. The van der Waals surface area contributed by atoms with Gasteiger partial charge in [0.25, 0.3) is 5.91 Å². The van der Waals surface area contributed by atoms with Crippen molar-refractivity contribution in [2.75, 3.05) is 19.6 Å². The summed E-state index contributed by atoms with van der Waals surface area (Å²) >= 11 is 0. The van der Waals surface area contributed by atoms with E-state index in [2.05, 4.69) is 11.4 Å². The molecule has 5 nitrogen and oxygen atoms in total. The van der Waals surface area contributed by atoms with Crippen LogP contribution in [0.25, 0.3) is 11.3 Å². The van der Waals surface area contributed by atoms with Gasteiger partial charge in [0.2, 0.25) is 0 Å². The molecule has 1 amide bonds. The molecular formula is C22H28N2O3. The highest BCUT2D eigenvalue weighted by molar-refractivity contribution is 5.92. The number of likely N-dealkylation sites (tertiary alicyclic amines) is 1. The molecule has 0 bridgehead atoms. The molecule has 0 saturated carbocycles. The lowest BCUT2D eigenvalue weighted by molar-refractivity contribution is 0.0762. The highest BCUT2D eigenvalue weighted by Gasteiger charge is 2.22. The Morgan fingerprint density at radius 3 is 2.78 bits per heavy atom. The number of hydrogen-bond acceptors (Lipinski definition) is 4. The van der Waals surface area contributed by atoms with Gasteiger partial charge in [0.15, 0.2) is 5.76 Å². The van der Waals surface area contributed by atoms with Gasteiger partial charge < -0.3 is 19.7 Å². The van der Waals surface area contributed by atoms with Crippen LogP contribution in [0.4, 0.5) is 0 Å². The van der Waals surface area contributed by atoms with E-state index in [0.29, 0.717) is 17.6 Å². The number of phenols is 1. The predicted octanol–water partition coefficient (Wildman–Crippen LogP) is 3.96. The van der Waals surface area contributed by atoms with Crippen molar-refractivity contribution < 1.29 is 14.3 Å². The van der Waals surface area contributed by atoms with Crippen LogP contribution in [-0.4, -0.2) is 41.6 Å². The lowest BCUT2D eigenvalue weighted by atomic mass is 9.97. The van der Waals surface area contributed by atoms with Crippen LogP contribution in [0.5, 0.6) is 5.75 Å². The molecule has 144 valence electrons. The normalized spacial score (nSPS) is 20.1. The first-order chi connectivity index (χ1) is 13.2. The molecule has 3 heterocycles. The molecule has 2 aromatic rings. The zero-order chi connectivity index (χ0) is 18.6. The third kappa shape index (κ3) is 4.35. The molecule has 1 aromatic heterocycles. The molecule has 0 unspecified atom stereocenters. The Morgan fingerprint density at radius 2 is 2.00 bits per heavy atom. The summed E-state index contributed by atoms with van der Waals surface area (Å²) in [7, 11) is 0.